The maximum atomic E-state index is 11.2. The van der Waals surface area contributed by atoms with Gasteiger partial charge in [0.05, 0.1) is 5.02 Å². The van der Waals surface area contributed by atoms with Gasteiger partial charge in [0, 0.05) is 5.02 Å². The topological polar surface area (TPSA) is 55.4 Å². The van der Waals surface area contributed by atoms with Crippen LogP contribution in [0.15, 0.2) is 18.2 Å². The largest absolute Gasteiger partial charge is 0.468 e. The van der Waals surface area contributed by atoms with E-state index in [-0.39, 0.29) is 0 Å². The van der Waals surface area contributed by atoms with Crippen molar-refractivity contribution >= 4 is 46.1 Å². The lowest BCUT2D eigenvalue weighted by Crippen LogP contribution is -2.27. The summed E-state index contributed by atoms with van der Waals surface area (Å²) in [5.74, 6) is -0.172. The van der Waals surface area contributed by atoms with Crippen molar-refractivity contribution in [2.24, 2.45) is 0 Å². The smallest absolute Gasteiger partial charge is 0.289 e. The standard InChI is InChI=1S/C9H5Cl2NO3S/c10-4-1-2-6(5(11)3-4)15-8-7(13)12-9(14)16-8/h1-3,8H,(H,12,13,14). The lowest BCUT2D eigenvalue weighted by Gasteiger charge is -2.10. The molecule has 4 nitrogen and oxygen atoms in total. The molecular weight excluding hydrogens is 273 g/mol. The maximum absolute atomic E-state index is 11.2. The van der Waals surface area contributed by atoms with E-state index in [1.807, 2.05) is 0 Å². The van der Waals surface area contributed by atoms with Gasteiger partial charge in [-0.05, 0) is 30.0 Å². The molecule has 1 unspecified atom stereocenters. The highest BCUT2D eigenvalue weighted by Gasteiger charge is 2.33. The molecule has 0 radical (unpaired) electrons. The van der Waals surface area contributed by atoms with Crippen molar-refractivity contribution in [3.63, 3.8) is 0 Å². The molecule has 1 aromatic rings. The molecule has 7 heteroatoms. The van der Waals surface area contributed by atoms with Crippen molar-refractivity contribution < 1.29 is 14.3 Å². The molecule has 0 aliphatic carbocycles. The predicted octanol–water partition coefficient (Wildman–Crippen LogP) is 2.68. The number of hydrogen-bond acceptors (Lipinski definition) is 4. The van der Waals surface area contributed by atoms with E-state index in [1.54, 1.807) is 12.1 Å². The van der Waals surface area contributed by atoms with E-state index in [2.05, 4.69) is 5.32 Å². The molecule has 2 rings (SSSR count). The van der Waals surface area contributed by atoms with Crippen LogP contribution in [0.1, 0.15) is 0 Å². The molecule has 1 aromatic carbocycles. The van der Waals surface area contributed by atoms with E-state index in [4.69, 9.17) is 27.9 Å². The summed E-state index contributed by atoms with van der Waals surface area (Å²) in [4.78, 5) is 22.1. The van der Waals surface area contributed by atoms with Gasteiger partial charge in [-0.1, -0.05) is 23.2 Å². The van der Waals surface area contributed by atoms with Crippen LogP contribution < -0.4 is 10.1 Å². The monoisotopic (exact) mass is 277 g/mol. The minimum atomic E-state index is -0.897. The number of ether oxygens (including phenoxy) is 1. The Bertz CT molecular complexity index is 466. The first kappa shape index (κ1) is 11.6. The number of benzene rings is 1. The molecule has 1 N–H and O–H groups in total. The lowest BCUT2D eigenvalue weighted by atomic mass is 10.3. The Hall–Kier alpha value is -0.910. The first-order valence-electron chi connectivity index (χ1n) is 4.19. The average molecular weight is 278 g/mol. The summed E-state index contributed by atoms with van der Waals surface area (Å²) >= 11 is 12.3. The van der Waals surface area contributed by atoms with Crippen molar-refractivity contribution in [2.45, 2.75) is 5.44 Å². The summed E-state index contributed by atoms with van der Waals surface area (Å²) in [5.41, 5.74) is -0.897. The number of imide groups is 1. The number of nitrogens with one attached hydrogen (secondary N) is 1. The summed E-state index contributed by atoms with van der Waals surface area (Å²) < 4.78 is 5.28. The first-order valence-corrected chi connectivity index (χ1v) is 5.83. The summed E-state index contributed by atoms with van der Waals surface area (Å²) in [6.07, 6.45) is 0. The van der Waals surface area contributed by atoms with Crippen molar-refractivity contribution in [3.8, 4) is 5.75 Å². The van der Waals surface area contributed by atoms with Crippen LogP contribution in [0.2, 0.25) is 10.0 Å². The Morgan fingerprint density at radius 3 is 2.62 bits per heavy atom. The van der Waals surface area contributed by atoms with E-state index in [1.165, 1.54) is 6.07 Å². The molecule has 0 aromatic heterocycles. The second-order valence-electron chi connectivity index (χ2n) is 2.92. The Morgan fingerprint density at radius 2 is 2.06 bits per heavy atom. The summed E-state index contributed by atoms with van der Waals surface area (Å²) in [5, 5.41) is 2.44. The Labute approximate surface area is 105 Å². The van der Waals surface area contributed by atoms with Gasteiger partial charge in [-0.25, -0.2) is 0 Å². The van der Waals surface area contributed by atoms with Gasteiger partial charge < -0.3 is 4.74 Å². The second kappa shape index (κ2) is 4.53. The van der Waals surface area contributed by atoms with Crippen LogP contribution in [0, 0.1) is 0 Å². The van der Waals surface area contributed by atoms with E-state index in [9.17, 15) is 9.59 Å². The normalized spacial score (nSPS) is 19.8. The zero-order chi connectivity index (χ0) is 11.7. The van der Waals surface area contributed by atoms with Gasteiger partial charge in [-0.15, -0.1) is 0 Å². The SMILES string of the molecule is O=C1NC(=O)C(Oc2ccc(Cl)cc2Cl)S1. The van der Waals surface area contributed by atoms with Gasteiger partial charge in [0.2, 0.25) is 5.44 Å². The minimum absolute atomic E-state index is 0.292. The van der Waals surface area contributed by atoms with Gasteiger partial charge in [-0.3, -0.25) is 14.9 Å². The van der Waals surface area contributed by atoms with Crippen molar-refractivity contribution in [2.75, 3.05) is 0 Å². The fourth-order valence-electron chi connectivity index (χ4n) is 1.10. The molecular formula is C9H5Cl2NO3S. The molecule has 1 aliphatic rings. The summed E-state index contributed by atoms with van der Waals surface area (Å²) in [6.45, 7) is 0. The number of carbonyl (C=O) groups is 2. The number of thioether (sulfide) groups is 1. The van der Waals surface area contributed by atoms with E-state index < -0.39 is 16.6 Å². The van der Waals surface area contributed by atoms with E-state index >= 15 is 0 Å². The highest BCUT2D eigenvalue weighted by molar-refractivity contribution is 8.15. The number of rotatable bonds is 2. The average Bonchev–Trinajstić information content (AvgIpc) is 2.50. The molecule has 1 aliphatic heterocycles. The van der Waals surface area contributed by atoms with Crippen molar-refractivity contribution in [1.82, 2.24) is 5.32 Å². The van der Waals surface area contributed by atoms with Crippen LogP contribution in [0.25, 0.3) is 0 Å². The van der Waals surface area contributed by atoms with Gasteiger partial charge in [0.25, 0.3) is 11.1 Å². The maximum Gasteiger partial charge on any atom is 0.289 e. The van der Waals surface area contributed by atoms with Gasteiger partial charge in [-0.2, -0.15) is 0 Å². The van der Waals surface area contributed by atoms with Crippen LogP contribution >= 0.6 is 35.0 Å². The quantitative estimate of drug-likeness (QED) is 0.903. The number of amides is 2. The van der Waals surface area contributed by atoms with Gasteiger partial charge >= 0.3 is 0 Å². The van der Waals surface area contributed by atoms with Crippen LogP contribution in [0.3, 0.4) is 0 Å². The molecule has 84 valence electrons. The first-order chi connectivity index (χ1) is 7.56. The molecule has 0 spiro atoms. The Kier molecular flexibility index (Phi) is 3.28. The second-order valence-corrected chi connectivity index (χ2v) is 4.80. The van der Waals surface area contributed by atoms with Crippen molar-refractivity contribution in [3.05, 3.63) is 28.2 Å². The van der Waals surface area contributed by atoms with Gasteiger partial charge in [0.15, 0.2) is 0 Å². The fourth-order valence-corrected chi connectivity index (χ4v) is 2.23. The highest BCUT2D eigenvalue weighted by atomic mass is 35.5. The third kappa shape index (κ3) is 2.42. The summed E-state index contributed by atoms with van der Waals surface area (Å²) in [6, 6.07) is 4.63. The van der Waals surface area contributed by atoms with E-state index in [0.717, 1.165) is 11.8 Å². The Morgan fingerprint density at radius 1 is 1.31 bits per heavy atom. The van der Waals surface area contributed by atoms with Crippen molar-refractivity contribution in [1.29, 1.82) is 0 Å². The lowest BCUT2D eigenvalue weighted by molar-refractivity contribution is -0.122. The molecule has 2 amide bonds. The van der Waals surface area contributed by atoms with E-state index in [0.29, 0.717) is 15.8 Å². The minimum Gasteiger partial charge on any atom is -0.468 e. The zero-order valence-electron chi connectivity index (χ0n) is 7.70. The van der Waals surface area contributed by atoms with Crippen LogP contribution in [-0.2, 0) is 4.79 Å². The third-order valence-corrected chi connectivity index (χ3v) is 3.15. The number of carbonyl (C=O) groups excluding carboxylic acids is 2. The molecule has 16 heavy (non-hydrogen) atoms. The zero-order valence-corrected chi connectivity index (χ0v) is 10.0. The molecule has 0 bridgehead atoms. The fraction of sp³-hybridized carbons (Fsp3) is 0.111. The Balaban J connectivity index is 2.15. The highest BCUT2D eigenvalue weighted by Crippen LogP contribution is 2.31. The predicted molar refractivity (Wildman–Crippen MR) is 62.0 cm³/mol. The van der Waals surface area contributed by atoms with Gasteiger partial charge in [0.1, 0.15) is 5.75 Å². The molecule has 1 saturated heterocycles. The molecule has 1 heterocycles. The summed E-state index contributed by atoms with van der Waals surface area (Å²) in [7, 11) is 0. The number of hydrogen-bond donors (Lipinski definition) is 1. The molecule has 0 saturated carbocycles. The van der Waals surface area contributed by atoms with Crippen LogP contribution in [0.5, 0.6) is 5.75 Å². The number of halogens is 2. The van der Waals surface area contributed by atoms with Crippen LogP contribution in [0.4, 0.5) is 4.79 Å². The van der Waals surface area contributed by atoms with Crippen LogP contribution in [-0.4, -0.2) is 16.6 Å². The molecule has 1 atom stereocenters. The third-order valence-electron chi connectivity index (χ3n) is 1.78. The molecule has 1 fully saturated rings.